The molecular formula is C17H22N4OS. The van der Waals surface area contributed by atoms with Crippen LogP contribution in [-0.4, -0.2) is 46.5 Å². The summed E-state index contributed by atoms with van der Waals surface area (Å²) >= 11 is 1.57. The minimum atomic E-state index is 0.184. The van der Waals surface area contributed by atoms with Crippen LogP contribution in [0, 0.1) is 0 Å². The third-order valence-electron chi connectivity index (χ3n) is 4.05. The highest BCUT2D eigenvalue weighted by Gasteiger charge is 2.26. The van der Waals surface area contributed by atoms with E-state index < -0.39 is 0 Å². The van der Waals surface area contributed by atoms with E-state index in [1.54, 1.807) is 23.7 Å². The van der Waals surface area contributed by atoms with Gasteiger partial charge in [0.25, 0.3) is 0 Å². The highest BCUT2D eigenvalue weighted by Crippen LogP contribution is 2.23. The maximum absolute atomic E-state index is 12.7. The van der Waals surface area contributed by atoms with Crippen molar-refractivity contribution < 1.29 is 4.79 Å². The molecule has 0 saturated carbocycles. The van der Waals surface area contributed by atoms with Gasteiger partial charge in [0.15, 0.2) is 0 Å². The lowest BCUT2D eigenvalue weighted by Crippen LogP contribution is -2.42. The van der Waals surface area contributed by atoms with Gasteiger partial charge >= 0.3 is 0 Å². The van der Waals surface area contributed by atoms with Gasteiger partial charge in [0.1, 0.15) is 5.01 Å². The van der Waals surface area contributed by atoms with E-state index in [4.69, 9.17) is 0 Å². The summed E-state index contributed by atoms with van der Waals surface area (Å²) in [6.45, 7) is 4.85. The molecule has 2 aromatic rings. The van der Waals surface area contributed by atoms with Crippen LogP contribution < -0.4 is 5.32 Å². The monoisotopic (exact) mass is 330 g/mol. The van der Waals surface area contributed by atoms with E-state index >= 15 is 0 Å². The first-order valence-corrected chi connectivity index (χ1v) is 9.01. The van der Waals surface area contributed by atoms with Crippen LogP contribution in [0.15, 0.2) is 29.9 Å². The number of rotatable bonds is 6. The normalized spacial score (nSPS) is 17.3. The standard InChI is InChI=1S/C17H22N4OS/c1-2-8-21(15-5-7-19-11-15)16(22)9-14-12-23-17(20-14)13-4-3-6-18-10-13/h3-4,6,10,12,15,19H,2,5,7-9,11H2,1H3. The van der Waals surface area contributed by atoms with Gasteiger partial charge in [-0.1, -0.05) is 6.92 Å². The first-order chi connectivity index (χ1) is 11.3. The number of hydrogen-bond donors (Lipinski definition) is 1. The van der Waals surface area contributed by atoms with Crippen LogP contribution in [0.2, 0.25) is 0 Å². The lowest BCUT2D eigenvalue weighted by molar-refractivity contribution is -0.132. The van der Waals surface area contributed by atoms with Crippen molar-refractivity contribution in [3.63, 3.8) is 0 Å². The first kappa shape index (κ1) is 16.1. The molecule has 0 spiro atoms. The molecule has 0 radical (unpaired) electrons. The van der Waals surface area contributed by atoms with Gasteiger partial charge in [-0.25, -0.2) is 4.98 Å². The van der Waals surface area contributed by atoms with Crippen molar-refractivity contribution in [3.8, 4) is 10.6 Å². The number of nitrogens with zero attached hydrogens (tertiary/aromatic N) is 3. The molecule has 3 rings (SSSR count). The van der Waals surface area contributed by atoms with Gasteiger partial charge in [-0.3, -0.25) is 9.78 Å². The van der Waals surface area contributed by atoms with Crippen LogP contribution >= 0.6 is 11.3 Å². The number of thiazole rings is 1. The van der Waals surface area contributed by atoms with Crippen LogP contribution in [0.5, 0.6) is 0 Å². The van der Waals surface area contributed by atoms with Gasteiger partial charge in [0.2, 0.25) is 5.91 Å². The Hall–Kier alpha value is -1.79. The molecule has 1 aliphatic heterocycles. The van der Waals surface area contributed by atoms with E-state index in [-0.39, 0.29) is 5.91 Å². The maximum atomic E-state index is 12.7. The Bertz CT molecular complexity index is 637. The Morgan fingerprint density at radius 2 is 2.43 bits per heavy atom. The quantitative estimate of drug-likeness (QED) is 0.883. The summed E-state index contributed by atoms with van der Waals surface area (Å²) in [6.07, 6.45) is 5.97. The summed E-state index contributed by atoms with van der Waals surface area (Å²) in [4.78, 5) is 23.4. The van der Waals surface area contributed by atoms with E-state index in [2.05, 4.69) is 22.2 Å². The number of amides is 1. The van der Waals surface area contributed by atoms with Gasteiger partial charge in [0.05, 0.1) is 12.1 Å². The average molecular weight is 330 g/mol. The molecule has 5 nitrogen and oxygen atoms in total. The number of aromatic nitrogens is 2. The molecule has 23 heavy (non-hydrogen) atoms. The number of pyridine rings is 1. The Kier molecular flexibility index (Phi) is 5.35. The zero-order valence-electron chi connectivity index (χ0n) is 13.4. The molecule has 122 valence electrons. The molecule has 2 aromatic heterocycles. The van der Waals surface area contributed by atoms with Gasteiger partial charge in [-0.2, -0.15) is 0 Å². The second kappa shape index (κ2) is 7.66. The Balaban J connectivity index is 1.68. The van der Waals surface area contributed by atoms with Gasteiger partial charge in [-0.15, -0.1) is 11.3 Å². The molecule has 1 saturated heterocycles. The zero-order chi connectivity index (χ0) is 16.1. The highest BCUT2D eigenvalue weighted by atomic mass is 32.1. The predicted octanol–water partition coefficient (Wildman–Crippen LogP) is 2.35. The molecular weight excluding hydrogens is 308 g/mol. The van der Waals surface area contributed by atoms with Crippen LogP contribution in [0.25, 0.3) is 10.6 Å². The molecule has 1 atom stereocenters. The Morgan fingerprint density at radius 3 is 3.13 bits per heavy atom. The van der Waals surface area contributed by atoms with E-state index in [1.165, 1.54) is 0 Å². The van der Waals surface area contributed by atoms with E-state index in [0.717, 1.165) is 48.7 Å². The van der Waals surface area contributed by atoms with Crippen molar-refractivity contribution in [1.82, 2.24) is 20.2 Å². The summed E-state index contributed by atoms with van der Waals surface area (Å²) in [5.74, 6) is 0.184. The SMILES string of the molecule is CCCN(C(=O)Cc1csc(-c2cccnc2)n1)C1CCNC1. The van der Waals surface area contributed by atoms with Crippen LogP contribution in [-0.2, 0) is 11.2 Å². The predicted molar refractivity (Wildman–Crippen MR) is 92.3 cm³/mol. The number of hydrogen-bond acceptors (Lipinski definition) is 5. The lowest BCUT2D eigenvalue weighted by Gasteiger charge is -2.28. The summed E-state index contributed by atoms with van der Waals surface area (Å²) in [5, 5.41) is 6.25. The van der Waals surface area contributed by atoms with Crippen molar-refractivity contribution in [3.05, 3.63) is 35.6 Å². The third-order valence-corrected chi connectivity index (χ3v) is 4.99. The molecule has 1 aliphatic rings. The summed E-state index contributed by atoms with van der Waals surface area (Å²) in [5.41, 5.74) is 1.85. The molecule has 1 N–H and O–H groups in total. The van der Waals surface area contributed by atoms with Gasteiger partial charge < -0.3 is 10.2 Å². The molecule has 0 aliphatic carbocycles. The minimum absolute atomic E-state index is 0.184. The van der Waals surface area contributed by atoms with Crippen LogP contribution in [0.3, 0.4) is 0 Å². The number of nitrogens with one attached hydrogen (secondary N) is 1. The van der Waals surface area contributed by atoms with Crippen molar-refractivity contribution in [2.75, 3.05) is 19.6 Å². The Morgan fingerprint density at radius 1 is 1.52 bits per heavy atom. The number of carbonyl (C=O) groups is 1. The fraction of sp³-hybridized carbons (Fsp3) is 0.471. The van der Waals surface area contributed by atoms with Crippen molar-refractivity contribution >= 4 is 17.2 Å². The minimum Gasteiger partial charge on any atom is -0.338 e. The van der Waals surface area contributed by atoms with Crippen molar-refractivity contribution in [2.45, 2.75) is 32.2 Å². The fourth-order valence-corrected chi connectivity index (χ4v) is 3.73. The van der Waals surface area contributed by atoms with E-state index in [0.29, 0.717) is 12.5 Å². The molecule has 6 heteroatoms. The van der Waals surface area contributed by atoms with Crippen molar-refractivity contribution in [1.29, 1.82) is 0 Å². The average Bonchev–Trinajstić information content (AvgIpc) is 3.25. The second-order valence-corrected chi connectivity index (χ2v) is 6.65. The maximum Gasteiger partial charge on any atom is 0.228 e. The Labute approximate surface area is 140 Å². The van der Waals surface area contributed by atoms with Gasteiger partial charge in [-0.05, 0) is 31.5 Å². The van der Waals surface area contributed by atoms with Gasteiger partial charge in [0, 0.05) is 42.5 Å². The third kappa shape index (κ3) is 3.95. The summed E-state index contributed by atoms with van der Waals surface area (Å²) in [7, 11) is 0. The molecule has 0 aromatic carbocycles. The summed E-state index contributed by atoms with van der Waals surface area (Å²) in [6, 6.07) is 4.22. The highest BCUT2D eigenvalue weighted by molar-refractivity contribution is 7.13. The molecule has 3 heterocycles. The van der Waals surface area contributed by atoms with Crippen LogP contribution in [0.1, 0.15) is 25.5 Å². The largest absolute Gasteiger partial charge is 0.338 e. The molecule has 1 fully saturated rings. The van der Waals surface area contributed by atoms with Crippen molar-refractivity contribution in [2.24, 2.45) is 0 Å². The number of carbonyl (C=O) groups excluding carboxylic acids is 1. The topological polar surface area (TPSA) is 58.1 Å². The van der Waals surface area contributed by atoms with Crippen LogP contribution in [0.4, 0.5) is 0 Å². The molecule has 1 unspecified atom stereocenters. The fourth-order valence-electron chi connectivity index (χ4n) is 2.92. The summed E-state index contributed by atoms with van der Waals surface area (Å²) < 4.78 is 0. The lowest BCUT2D eigenvalue weighted by atomic mass is 10.2. The first-order valence-electron chi connectivity index (χ1n) is 8.13. The molecule has 1 amide bonds. The smallest absolute Gasteiger partial charge is 0.228 e. The second-order valence-electron chi connectivity index (χ2n) is 5.80. The zero-order valence-corrected chi connectivity index (χ0v) is 14.2. The van der Waals surface area contributed by atoms with E-state index in [1.807, 2.05) is 22.4 Å². The molecule has 0 bridgehead atoms. The van der Waals surface area contributed by atoms with E-state index in [9.17, 15) is 4.79 Å².